The average molecular weight is 510 g/mol. The monoisotopic (exact) mass is 509 g/mol. The van der Waals surface area contributed by atoms with Gasteiger partial charge in [0.15, 0.2) is 0 Å². The lowest BCUT2D eigenvalue weighted by Gasteiger charge is -2.26. The number of ether oxygens (including phenoxy) is 2. The number of halogens is 1. The van der Waals surface area contributed by atoms with Crippen LogP contribution in [0.5, 0.6) is 11.6 Å². The highest BCUT2D eigenvalue weighted by Gasteiger charge is 2.30. The number of nitrogens with zero attached hydrogens (tertiary/aromatic N) is 4. The van der Waals surface area contributed by atoms with Crippen molar-refractivity contribution in [1.82, 2.24) is 19.4 Å². The molecular weight excluding hydrogens is 482 g/mol. The Kier molecular flexibility index (Phi) is 6.82. The number of likely N-dealkylation sites (tertiary alicyclic amines) is 1. The summed E-state index contributed by atoms with van der Waals surface area (Å²) in [6.45, 7) is 4.75. The van der Waals surface area contributed by atoms with E-state index in [2.05, 4.69) is 16.9 Å². The van der Waals surface area contributed by atoms with Crippen LogP contribution in [0.3, 0.4) is 0 Å². The van der Waals surface area contributed by atoms with Crippen LogP contribution in [0.25, 0.3) is 11.0 Å². The van der Waals surface area contributed by atoms with Gasteiger partial charge >= 0.3 is 0 Å². The quantitative estimate of drug-likeness (QED) is 0.466. The number of fused-ring (bicyclic) bond motifs is 1. The Morgan fingerprint density at radius 1 is 1.22 bits per heavy atom. The fraction of sp³-hybridized carbons (Fsp3) is 0.385. The smallest absolute Gasteiger partial charge is 0.258 e. The molecule has 0 spiro atoms. The summed E-state index contributed by atoms with van der Waals surface area (Å²) in [5.74, 6) is 0.810. The molecule has 1 N–H and O–H groups in total. The Labute approximate surface area is 214 Å². The maximum atomic E-state index is 13.2. The van der Waals surface area contributed by atoms with Crippen LogP contribution in [0, 0.1) is 0 Å². The van der Waals surface area contributed by atoms with Crippen molar-refractivity contribution in [1.29, 1.82) is 0 Å². The van der Waals surface area contributed by atoms with Gasteiger partial charge in [-0.15, -0.1) is 0 Å². The topological polar surface area (TPSA) is 98.6 Å². The molecule has 188 valence electrons. The number of methoxy groups -OCH3 is 1. The minimum atomic E-state index is -0.356. The highest BCUT2D eigenvalue weighted by molar-refractivity contribution is 6.36. The molecule has 3 heterocycles. The molecule has 2 aliphatic rings. The van der Waals surface area contributed by atoms with Crippen LogP contribution in [0.15, 0.2) is 43.1 Å². The van der Waals surface area contributed by atoms with Gasteiger partial charge in [0, 0.05) is 30.9 Å². The third-order valence-corrected chi connectivity index (χ3v) is 6.87. The number of pyridine rings is 1. The molecule has 2 aromatic heterocycles. The van der Waals surface area contributed by atoms with Crippen molar-refractivity contribution < 1.29 is 19.1 Å². The van der Waals surface area contributed by atoms with Gasteiger partial charge in [-0.25, -0.2) is 9.97 Å². The first-order valence-corrected chi connectivity index (χ1v) is 12.5. The first kappa shape index (κ1) is 24.1. The highest BCUT2D eigenvalue weighted by atomic mass is 35.5. The maximum absolute atomic E-state index is 13.2. The number of aromatic nitrogens is 3. The van der Waals surface area contributed by atoms with Gasteiger partial charge in [-0.05, 0) is 56.4 Å². The molecule has 0 bridgehead atoms. The number of carbonyl (C=O) groups is 2. The minimum Gasteiger partial charge on any atom is -0.489 e. The molecule has 1 aliphatic heterocycles. The zero-order valence-electron chi connectivity index (χ0n) is 20.1. The van der Waals surface area contributed by atoms with Crippen molar-refractivity contribution >= 4 is 40.4 Å². The average Bonchev–Trinajstić information content (AvgIpc) is 3.68. The third kappa shape index (κ3) is 4.88. The van der Waals surface area contributed by atoms with Gasteiger partial charge in [0.1, 0.15) is 10.8 Å². The van der Waals surface area contributed by atoms with Gasteiger partial charge in [-0.3, -0.25) is 14.9 Å². The molecule has 1 aliphatic carbocycles. The van der Waals surface area contributed by atoms with Crippen LogP contribution in [0.1, 0.15) is 48.5 Å². The molecule has 5 rings (SSSR count). The lowest BCUT2D eigenvalue weighted by atomic mass is 10.1. The number of hydrogen-bond acceptors (Lipinski definition) is 6. The van der Waals surface area contributed by atoms with Crippen LogP contribution in [0.4, 0.5) is 5.95 Å². The van der Waals surface area contributed by atoms with Crippen LogP contribution in [0.2, 0.25) is 5.02 Å². The number of anilines is 1. The summed E-state index contributed by atoms with van der Waals surface area (Å²) in [6.07, 6.45) is 7.62. The number of nitrogens with one attached hydrogen (secondary N) is 1. The minimum absolute atomic E-state index is 0.121. The van der Waals surface area contributed by atoms with Gasteiger partial charge in [-0.2, -0.15) is 0 Å². The fourth-order valence-electron chi connectivity index (χ4n) is 4.52. The summed E-state index contributed by atoms with van der Waals surface area (Å²) in [4.78, 5) is 36.3. The van der Waals surface area contributed by atoms with Crippen molar-refractivity contribution in [3.8, 4) is 11.6 Å². The molecule has 1 atom stereocenters. The lowest BCUT2D eigenvalue weighted by Crippen LogP contribution is -2.34. The van der Waals surface area contributed by atoms with Crippen molar-refractivity contribution in [3.63, 3.8) is 0 Å². The number of carbonyl (C=O) groups excluding carboxylic acids is 2. The van der Waals surface area contributed by atoms with Crippen LogP contribution < -0.4 is 14.8 Å². The maximum Gasteiger partial charge on any atom is 0.258 e. The number of rotatable bonds is 7. The molecule has 2 amide bonds. The SMILES string of the molecule is C=CC(=O)N1CCCC[C@@H](n2c(NC(=O)c3ccnc(OC)c3)nc3ccc(OC4CC4)c(Cl)c32)C1. The second-order valence-electron chi connectivity index (χ2n) is 9.05. The number of benzene rings is 1. The van der Waals surface area contributed by atoms with E-state index < -0.39 is 0 Å². The highest BCUT2D eigenvalue weighted by Crippen LogP contribution is 2.40. The van der Waals surface area contributed by atoms with Gasteiger partial charge < -0.3 is 18.9 Å². The van der Waals surface area contributed by atoms with Crippen LogP contribution >= 0.6 is 11.6 Å². The van der Waals surface area contributed by atoms with E-state index in [1.165, 1.54) is 19.4 Å². The van der Waals surface area contributed by atoms with Gasteiger partial charge in [0.25, 0.3) is 5.91 Å². The van der Waals surface area contributed by atoms with Crippen molar-refractivity contribution in [3.05, 3.63) is 53.7 Å². The van der Waals surface area contributed by atoms with E-state index in [-0.39, 0.29) is 24.0 Å². The normalized spacial score (nSPS) is 17.9. The largest absolute Gasteiger partial charge is 0.489 e. The molecular formula is C26H28ClN5O4. The van der Waals surface area contributed by atoms with Gasteiger partial charge in [0.2, 0.25) is 17.7 Å². The predicted octanol–water partition coefficient (Wildman–Crippen LogP) is 4.63. The molecule has 1 saturated carbocycles. The summed E-state index contributed by atoms with van der Waals surface area (Å²) in [6, 6.07) is 6.68. The Balaban J connectivity index is 1.58. The molecule has 2 fully saturated rings. The van der Waals surface area contributed by atoms with Gasteiger partial charge in [-0.1, -0.05) is 18.2 Å². The molecule has 9 nitrogen and oxygen atoms in total. The van der Waals surface area contributed by atoms with Crippen LogP contribution in [-0.2, 0) is 4.79 Å². The molecule has 0 unspecified atom stereocenters. The van der Waals surface area contributed by atoms with E-state index >= 15 is 0 Å². The summed E-state index contributed by atoms with van der Waals surface area (Å²) < 4.78 is 13.1. The van der Waals surface area contributed by atoms with Gasteiger partial charge in [0.05, 0.1) is 30.3 Å². The Morgan fingerprint density at radius 2 is 2.06 bits per heavy atom. The third-order valence-electron chi connectivity index (χ3n) is 6.50. The summed E-state index contributed by atoms with van der Waals surface area (Å²) in [7, 11) is 1.50. The van der Waals surface area contributed by atoms with E-state index in [1.807, 2.05) is 16.7 Å². The summed E-state index contributed by atoms with van der Waals surface area (Å²) in [5, 5.41) is 3.40. The zero-order chi connectivity index (χ0) is 25.2. The Bertz CT molecular complexity index is 1320. The second-order valence-corrected chi connectivity index (χ2v) is 9.42. The number of hydrogen-bond donors (Lipinski definition) is 1. The summed E-state index contributed by atoms with van der Waals surface area (Å²) >= 11 is 6.89. The molecule has 1 aromatic carbocycles. The molecule has 3 aromatic rings. The zero-order valence-corrected chi connectivity index (χ0v) is 20.8. The van der Waals surface area contributed by atoms with E-state index in [4.69, 9.17) is 26.1 Å². The first-order chi connectivity index (χ1) is 17.5. The molecule has 0 radical (unpaired) electrons. The number of imidazole rings is 1. The summed E-state index contributed by atoms with van der Waals surface area (Å²) in [5.41, 5.74) is 1.69. The van der Waals surface area contributed by atoms with Crippen molar-refractivity contribution in [2.45, 2.75) is 44.2 Å². The van der Waals surface area contributed by atoms with Crippen LogP contribution in [-0.4, -0.2) is 57.6 Å². The fourth-order valence-corrected chi connectivity index (χ4v) is 4.82. The first-order valence-electron chi connectivity index (χ1n) is 12.1. The lowest BCUT2D eigenvalue weighted by molar-refractivity contribution is -0.126. The molecule has 1 saturated heterocycles. The van der Waals surface area contributed by atoms with Crippen molar-refractivity contribution in [2.24, 2.45) is 0 Å². The van der Waals surface area contributed by atoms with E-state index in [0.29, 0.717) is 52.3 Å². The van der Waals surface area contributed by atoms with Crippen molar-refractivity contribution in [2.75, 3.05) is 25.5 Å². The van der Waals surface area contributed by atoms with E-state index in [1.54, 1.807) is 17.0 Å². The Hall–Kier alpha value is -3.59. The molecule has 36 heavy (non-hydrogen) atoms. The molecule has 10 heteroatoms. The standard InChI is InChI=1S/C26H28ClN5O4/c1-3-22(33)31-13-5-4-6-17(15-31)32-24-19(9-10-20(23(24)27)36-18-7-8-18)29-26(32)30-25(34)16-11-12-28-21(14-16)35-2/h3,9-12,14,17-18H,1,4-8,13,15H2,2H3,(H,29,30,34)/t17-/m1/s1. The predicted molar refractivity (Wildman–Crippen MR) is 137 cm³/mol. The number of amides is 2. The second kappa shape index (κ2) is 10.2. The van der Waals surface area contributed by atoms with E-state index in [9.17, 15) is 9.59 Å². The Morgan fingerprint density at radius 3 is 2.81 bits per heavy atom. The van der Waals surface area contributed by atoms with E-state index in [0.717, 1.165) is 32.1 Å².